The molecule has 0 spiro atoms. The van der Waals surface area contributed by atoms with Crippen molar-refractivity contribution in [3.8, 4) is 11.5 Å². The van der Waals surface area contributed by atoms with E-state index in [-0.39, 0.29) is 5.56 Å². The van der Waals surface area contributed by atoms with Gasteiger partial charge in [-0.3, -0.25) is 9.69 Å². The first-order valence-corrected chi connectivity index (χ1v) is 10.2. The molecule has 1 fully saturated rings. The van der Waals surface area contributed by atoms with E-state index in [0.29, 0.717) is 5.92 Å². The average molecular weight is 386 g/mol. The molecule has 1 aromatic heterocycles. The lowest BCUT2D eigenvalue weighted by molar-refractivity contribution is 0.195. The van der Waals surface area contributed by atoms with Crippen molar-refractivity contribution < 1.29 is 4.74 Å². The largest absolute Gasteiger partial charge is 0.457 e. The lowest BCUT2D eigenvalue weighted by Gasteiger charge is -2.30. The van der Waals surface area contributed by atoms with E-state index in [1.165, 1.54) is 0 Å². The fourth-order valence-corrected chi connectivity index (χ4v) is 3.69. The maximum atomic E-state index is 11.9. The first kappa shape index (κ1) is 19.2. The van der Waals surface area contributed by atoms with Crippen LogP contribution in [0.2, 0.25) is 0 Å². The molecule has 1 aliphatic heterocycles. The summed E-state index contributed by atoms with van der Waals surface area (Å²) >= 11 is 0. The van der Waals surface area contributed by atoms with Crippen LogP contribution in [0.4, 0.5) is 0 Å². The maximum absolute atomic E-state index is 11.9. The number of likely N-dealkylation sites (tertiary alicyclic amines) is 1. The number of nitrogens with one attached hydrogen (secondary N) is 1. The molecule has 0 saturated carbocycles. The molecule has 4 nitrogen and oxygen atoms in total. The monoisotopic (exact) mass is 386 g/mol. The third kappa shape index (κ3) is 5.24. The van der Waals surface area contributed by atoms with Crippen LogP contribution in [-0.4, -0.2) is 23.0 Å². The molecule has 0 unspecified atom stereocenters. The van der Waals surface area contributed by atoms with Gasteiger partial charge in [0.25, 0.3) is 5.56 Å². The maximum Gasteiger partial charge on any atom is 0.252 e. The highest BCUT2D eigenvalue weighted by Gasteiger charge is 2.18. The molecule has 4 rings (SSSR count). The highest BCUT2D eigenvalue weighted by molar-refractivity contribution is 5.58. The van der Waals surface area contributed by atoms with E-state index in [1.807, 2.05) is 60.7 Å². The number of hydrogen-bond donors (Lipinski definition) is 1. The lowest BCUT2D eigenvalue weighted by Crippen LogP contribution is -2.34. The van der Waals surface area contributed by atoms with Crippen LogP contribution in [0.5, 0.6) is 11.5 Å². The zero-order chi connectivity index (χ0) is 19.9. The summed E-state index contributed by atoms with van der Waals surface area (Å²) in [5, 5.41) is 0. The Labute approximate surface area is 171 Å². The number of piperidine rings is 1. The molecule has 1 saturated heterocycles. The number of pyridine rings is 1. The van der Waals surface area contributed by atoms with Gasteiger partial charge >= 0.3 is 0 Å². The number of aromatic amines is 1. The van der Waals surface area contributed by atoms with Crippen LogP contribution in [0.15, 0.2) is 83.8 Å². The topological polar surface area (TPSA) is 45.3 Å². The van der Waals surface area contributed by atoms with E-state index >= 15 is 0 Å². The van der Waals surface area contributed by atoms with Crippen molar-refractivity contribution in [1.82, 2.24) is 9.88 Å². The number of H-pyrrole nitrogens is 1. The van der Waals surface area contributed by atoms with Crippen molar-refractivity contribution in [3.05, 3.63) is 100 Å². The van der Waals surface area contributed by atoms with Crippen LogP contribution in [0.3, 0.4) is 0 Å². The van der Waals surface area contributed by atoms with Crippen molar-refractivity contribution >= 4 is 6.08 Å². The first-order valence-electron chi connectivity index (χ1n) is 10.2. The summed E-state index contributed by atoms with van der Waals surface area (Å²) in [6.45, 7) is 2.73. The molecule has 148 valence electrons. The van der Waals surface area contributed by atoms with Crippen LogP contribution < -0.4 is 10.3 Å². The zero-order valence-corrected chi connectivity index (χ0v) is 16.5. The number of nitrogens with zero attached hydrogens (tertiary/aromatic N) is 1. The van der Waals surface area contributed by atoms with Crippen molar-refractivity contribution in [2.75, 3.05) is 13.1 Å². The Morgan fingerprint density at radius 1 is 0.966 bits per heavy atom. The summed E-state index contributed by atoms with van der Waals surface area (Å²) < 4.78 is 6.05. The number of hydrogen-bond acceptors (Lipinski definition) is 3. The third-order valence-corrected chi connectivity index (χ3v) is 5.36. The van der Waals surface area contributed by atoms with Gasteiger partial charge in [0.15, 0.2) is 0 Å². The number of ether oxygens (including phenoxy) is 1. The molecular formula is C25H26N2O2. The van der Waals surface area contributed by atoms with Gasteiger partial charge in [0.05, 0.1) is 0 Å². The molecule has 0 amide bonds. The van der Waals surface area contributed by atoms with Crippen LogP contribution in [-0.2, 0) is 6.54 Å². The molecule has 2 heterocycles. The van der Waals surface area contributed by atoms with E-state index in [0.717, 1.165) is 55.1 Å². The minimum Gasteiger partial charge on any atom is -0.457 e. The molecule has 2 aromatic carbocycles. The van der Waals surface area contributed by atoms with Gasteiger partial charge in [-0.15, -0.1) is 0 Å². The highest BCUT2D eigenvalue weighted by Crippen LogP contribution is 2.27. The number of rotatable bonds is 6. The molecule has 0 bridgehead atoms. The Kier molecular flexibility index (Phi) is 6.22. The highest BCUT2D eigenvalue weighted by atomic mass is 16.5. The fraction of sp³-hybridized carbons (Fsp3) is 0.240. The Balaban J connectivity index is 1.35. The van der Waals surface area contributed by atoms with Gasteiger partial charge in [-0.2, -0.15) is 0 Å². The van der Waals surface area contributed by atoms with Crippen LogP contribution >= 0.6 is 0 Å². The van der Waals surface area contributed by atoms with E-state index in [2.05, 4.69) is 28.1 Å². The van der Waals surface area contributed by atoms with Gasteiger partial charge in [0.2, 0.25) is 0 Å². The quantitative estimate of drug-likeness (QED) is 0.642. The molecule has 0 atom stereocenters. The summed E-state index contributed by atoms with van der Waals surface area (Å²) in [7, 11) is 0. The summed E-state index contributed by atoms with van der Waals surface area (Å²) in [4.78, 5) is 17.0. The Bertz CT molecular complexity index is 1000. The third-order valence-electron chi connectivity index (χ3n) is 5.36. The van der Waals surface area contributed by atoms with E-state index in [9.17, 15) is 4.79 Å². The van der Waals surface area contributed by atoms with Crippen molar-refractivity contribution in [1.29, 1.82) is 0 Å². The van der Waals surface area contributed by atoms with Gasteiger partial charge < -0.3 is 9.72 Å². The van der Waals surface area contributed by atoms with Gasteiger partial charge in [-0.25, -0.2) is 0 Å². The van der Waals surface area contributed by atoms with Gasteiger partial charge in [0, 0.05) is 23.9 Å². The Morgan fingerprint density at radius 2 is 1.72 bits per heavy atom. The van der Waals surface area contributed by atoms with E-state index in [4.69, 9.17) is 4.74 Å². The summed E-state index contributed by atoms with van der Waals surface area (Å²) in [5.74, 6) is 2.26. The van der Waals surface area contributed by atoms with Crippen molar-refractivity contribution in [3.63, 3.8) is 0 Å². The first-order chi connectivity index (χ1) is 14.3. The smallest absolute Gasteiger partial charge is 0.252 e. The number of aromatic nitrogens is 1. The fourth-order valence-electron chi connectivity index (χ4n) is 3.69. The summed E-state index contributed by atoms with van der Waals surface area (Å²) in [5.41, 5.74) is 1.95. The predicted molar refractivity (Wildman–Crippen MR) is 117 cm³/mol. The Hall–Kier alpha value is -3.11. The number of para-hydroxylation sites is 2. The second kappa shape index (κ2) is 9.39. The normalized spacial score (nSPS) is 15.6. The van der Waals surface area contributed by atoms with Gasteiger partial charge in [-0.05, 0) is 56.1 Å². The van der Waals surface area contributed by atoms with Crippen LogP contribution in [0.1, 0.15) is 24.0 Å². The lowest BCUT2D eigenvalue weighted by atomic mass is 9.95. The molecule has 1 N–H and O–H groups in total. The minimum atomic E-state index is 0.0181. The second-order valence-corrected chi connectivity index (χ2v) is 7.45. The summed E-state index contributed by atoms with van der Waals surface area (Å²) in [6, 6.07) is 21.8. The number of allylic oxidation sites excluding steroid dienone is 1. The molecule has 3 aromatic rings. The van der Waals surface area contributed by atoms with E-state index in [1.54, 1.807) is 6.20 Å². The molecule has 1 aliphatic rings. The zero-order valence-electron chi connectivity index (χ0n) is 16.5. The minimum absolute atomic E-state index is 0.0181. The van der Waals surface area contributed by atoms with Crippen LogP contribution in [0, 0.1) is 5.92 Å². The predicted octanol–water partition coefficient (Wildman–Crippen LogP) is 5.09. The van der Waals surface area contributed by atoms with Crippen molar-refractivity contribution in [2.45, 2.75) is 19.4 Å². The van der Waals surface area contributed by atoms with Crippen molar-refractivity contribution in [2.24, 2.45) is 5.92 Å². The SMILES string of the molecule is O=c1[nH]cccc1CN1CCC(C=Cc2ccccc2Oc2ccccc2)CC1. The van der Waals surface area contributed by atoms with Gasteiger partial charge in [0.1, 0.15) is 11.5 Å². The molecule has 0 radical (unpaired) electrons. The van der Waals surface area contributed by atoms with Crippen LogP contribution in [0.25, 0.3) is 6.08 Å². The average Bonchev–Trinajstić information content (AvgIpc) is 2.76. The standard InChI is InChI=1S/C25H26N2O2/c28-25-22(8-6-16-26-25)19-27-17-14-20(15-18-27)12-13-21-7-4-5-11-24(21)29-23-9-2-1-3-10-23/h1-13,16,20H,14-15,17-19H2,(H,26,28). The second-order valence-electron chi connectivity index (χ2n) is 7.45. The van der Waals surface area contributed by atoms with Gasteiger partial charge in [-0.1, -0.05) is 54.6 Å². The Morgan fingerprint density at radius 3 is 2.52 bits per heavy atom. The molecule has 0 aliphatic carbocycles. The molecule has 29 heavy (non-hydrogen) atoms. The summed E-state index contributed by atoms with van der Waals surface area (Å²) in [6.07, 6.45) is 8.37. The van der Waals surface area contributed by atoms with E-state index < -0.39 is 0 Å². The number of benzene rings is 2. The molecular weight excluding hydrogens is 360 g/mol. The molecule has 4 heteroatoms.